The van der Waals surface area contributed by atoms with Gasteiger partial charge < -0.3 is 10.5 Å². The first-order valence-electron chi connectivity index (χ1n) is 4.96. The molecule has 0 bridgehead atoms. The number of rotatable bonds is 5. The van der Waals surface area contributed by atoms with E-state index in [-0.39, 0.29) is 6.61 Å². The lowest BCUT2D eigenvalue weighted by atomic mass is 10.2. The molecule has 6 nitrogen and oxygen atoms in total. The zero-order valence-corrected chi connectivity index (χ0v) is 9.83. The van der Waals surface area contributed by atoms with Crippen molar-refractivity contribution in [3.8, 4) is 0 Å². The molecule has 0 fully saturated rings. The Balaban J connectivity index is 2.51. The Bertz CT molecular complexity index is 387. The topological polar surface area (TPSA) is 96.6 Å². The molecule has 7 heteroatoms. The van der Waals surface area contributed by atoms with Gasteiger partial charge in [-0.15, -0.1) is 11.6 Å². The van der Waals surface area contributed by atoms with E-state index in [1.54, 1.807) is 6.07 Å². The largest absolute Gasteiger partial charge is 0.449 e. The van der Waals surface area contributed by atoms with Crippen molar-refractivity contribution in [1.82, 2.24) is 0 Å². The van der Waals surface area contributed by atoms with Crippen LogP contribution in [0, 0.1) is 0 Å². The molecule has 0 radical (unpaired) electrons. The summed E-state index contributed by atoms with van der Waals surface area (Å²) < 4.78 is 4.84. The maximum absolute atomic E-state index is 11.3. The second kappa shape index (κ2) is 6.82. The number of hydrogen-bond donors (Lipinski definition) is 4. The highest BCUT2D eigenvalue weighted by Gasteiger charge is 2.05. The zero-order valence-electron chi connectivity index (χ0n) is 9.07. The molecule has 94 valence electrons. The van der Waals surface area contributed by atoms with Crippen molar-refractivity contribution >= 4 is 34.8 Å². The first kappa shape index (κ1) is 13.4. The molecular weight excluding hydrogens is 246 g/mol. The summed E-state index contributed by atoms with van der Waals surface area (Å²) in [7, 11) is 0. The monoisotopic (exact) mass is 259 g/mol. The van der Waals surface area contributed by atoms with E-state index in [0.717, 1.165) is 0 Å². The lowest BCUT2D eigenvalue weighted by Gasteiger charge is -2.09. The van der Waals surface area contributed by atoms with Crippen LogP contribution in [0.3, 0.4) is 0 Å². The van der Waals surface area contributed by atoms with Crippen LogP contribution in [0.25, 0.3) is 0 Å². The first-order valence-corrected chi connectivity index (χ1v) is 5.50. The van der Waals surface area contributed by atoms with Gasteiger partial charge in [-0.2, -0.15) is 0 Å². The van der Waals surface area contributed by atoms with Crippen LogP contribution in [0.1, 0.15) is 6.42 Å². The third-order valence-corrected chi connectivity index (χ3v) is 2.20. The Labute approximate surface area is 104 Å². The normalized spacial score (nSPS) is 9.76. The molecule has 1 aromatic rings. The van der Waals surface area contributed by atoms with Crippen molar-refractivity contribution in [2.45, 2.75) is 6.42 Å². The van der Waals surface area contributed by atoms with E-state index < -0.39 is 6.09 Å². The van der Waals surface area contributed by atoms with Gasteiger partial charge in [-0.3, -0.25) is 16.0 Å². The van der Waals surface area contributed by atoms with Gasteiger partial charge in [0, 0.05) is 11.6 Å². The van der Waals surface area contributed by atoms with Gasteiger partial charge in [0.05, 0.1) is 18.0 Å². The van der Waals surface area contributed by atoms with Gasteiger partial charge >= 0.3 is 6.09 Å². The predicted molar refractivity (Wildman–Crippen MR) is 66.6 cm³/mol. The average Bonchev–Trinajstić information content (AvgIpc) is 2.29. The van der Waals surface area contributed by atoms with E-state index in [4.69, 9.17) is 27.3 Å². The lowest BCUT2D eigenvalue weighted by molar-refractivity contribution is 0.162. The van der Waals surface area contributed by atoms with Crippen LogP contribution >= 0.6 is 11.6 Å². The molecule has 0 spiro atoms. The maximum atomic E-state index is 11.3. The van der Waals surface area contributed by atoms with Crippen molar-refractivity contribution in [2.24, 2.45) is 0 Å². The summed E-state index contributed by atoms with van der Waals surface area (Å²) >= 11 is 5.44. The molecule has 0 saturated heterocycles. The van der Waals surface area contributed by atoms with Crippen LogP contribution in [-0.2, 0) is 4.74 Å². The van der Waals surface area contributed by atoms with E-state index in [1.165, 1.54) is 12.1 Å². The van der Waals surface area contributed by atoms with Crippen LogP contribution in [0.2, 0.25) is 0 Å². The second-order valence-corrected chi connectivity index (χ2v) is 3.60. The fraction of sp³-hybridized carbons (Fsp3) is 0.300. The minimum Gasteiger partial charge on any atom is -0.449 e. The number of nitrogens with one attached hydrogen (secondary N) is 2. The van der Waals surface area contributed by atoms with Crippen molar-refractivity contribution in [1.29, 1.82) is 0 Å². The lowest BCUT2D eigenvalue weighted by Crippen LogP contribution is -2.14. The third kappa shape index (κ3) is 4.38. The molecule has 0 saturated carbocycles. The number of nitrogens with two attached hydrogens (primary N) is 1. The number of carbonyl (C=O) groups excluding carboxylic acids is 1. The van der Waals surface area contributed by atoms with Crippen molar-refractivity contribution in [2.75, 3.05) is 29.0 Å². The number of ether oxygens (including phenoxy) is 1. The highest BCUT2D eigenvalue weighted by molar-refractivity contribution is 6.17. The number of halogens is 1. The summed E-state index contributed by atoms with van der Waals surface area (Å²) in [6.07, 6.45) is 0.0315. The smallest absolute Gasteiger partial charge is 0.411 e. The van der Waals surface area contributed by atoms with E-state index >= 15 is 0 Å². The highest BCUT2D eigenvalue weighted by atomic mass is 35.5. The van der Waals surface area contributed by atoms with Crippen molar-refractivity contribution in [3.05, 3.63) is 18.2 Å². The quantitative estimate of drug-likeness (QED) is 0.281. The van der Waals surface area contributed by atoms with Gasteiger partial charge in [-0.25, -0.2) is 4.79 Å². The summed E-state index contributed by atoms with van der Waals surface area (Å²) in [4.78, 5) is 11.3. The Morgan fingerprint density at radius 2 is 2.29 bits per heavy atom. The standard InChI is InChI=1S/C10H14ClN3O3/c11-4-1-5-17-10(15)13-7-2-3-9(14-16)8(12)6-7/h2-3,6,14,16H,1,4-5,12H2,(H,13,15). The van der Waals surface area contributed by atoms with Crippen LogP contribution in [0.4, 0.5) is 21.9 Å². The average molecular weight is 260 g/mol. The number of nitrogen functional groups attached to an aromatic ring is 1. The summed E-state index contributed by atoms with van der Waals surface area (Å²) in [6, 6.07) is 4.61. The summed E-state index contributed by atoms with van der Waals surface area (Å²) in [6.45, 7) is 0.265. The van der Waals surface area contributed by atoms with Gasteiger partial charge in [0.25, 0.3) is 0 Å². The van der Waals surface area contributed by atoms with E-state index in [2.05, 4.69) is 5.32 Å². The minimum atomic E-state index is -0.570. The molecule has 0 heterocycles. The van der Waals surface area contributed by atoms with Crippen LogP contribution < -0.4 is 16.5 Å². The fourth-order valence-electron chi connectivity index (χ4n) is 1.12. The van der Waals surface area contributed by atoms with Crippen LogP contribution in [-0.4, -0.2) is 23.8 Å². The number of amides is 1. The van der Waals surface area contributed by atoms with Gasteiger partial charge in [-0.05, 0) is 24.6 Å². The maximum Gasteiger partial charge on any atom is 0.411 e. The molecule has 5 N–H and O–H groups in total. The van der Waals surface area contributed by atoms with E-state index in [0.29, 0.717) is 29.4 Å². The highest BCUT2D eigenvalue weighted by Crippen LogP contribution is 2.22. The number of hydrogen-bond acceptors (Lipinski definition) is 5. The molecule has 0 aliphatic carbocycles. The Morgan fingerprint density at radius 1 is 1.53 bits per heavy atom. The SMILES string of the molecule is Nc1cc(NC(=O)OCCCCl)ccc1NO. The molecule has 0 unspecified atom stereocenters. The first-order chi connectivity index (χ1) is 8.17. The van der Waals surface area contributed by atoms with Crippen molar-refractivity contribution < 1.29 is 14.7 Å². The predicted octanol–water partition coefficient (Wildman–Crippen LogP) is 2.25. The molecule has 0 aromatic heterocycles. The Hall–Kier alpha value is -1.66. The van der Waals surface area contributed by atoms with E-state index in [1.807, 2.05) is 5.48 Å². The van der Waals surface area contributed by atoms with Crippen molar-refractivity contribution in [3.63, 3.8) is 0 Å². The van der Waals surface area contributed by atoms with Gasteiger partial charge in [0.15, 0.2) is 0 Å². The minimum absolute atomic E-state index is 0.265. The molecular formula is C10H14ClN3O3. The fourth-order valence-corrected chi connectivity index (χ4v) is 1.22. The molecule has 0 aliphatic rings. The number of benzene rings is 1. The molecule has 1 rings (SSSR count). The number of anilines is 3. The summed E-state index contributed by atoms with van der Waals surface area (Å²) in [5, 5.41) is 11.2. The van der Waals surface area contributed by atoms with Crippen LogP contribution in [0.5, 0.6) is 0 Å². The summed E-state index contributed by atoms with van der Waals surface area (Å²) in [5.74, 6) is 0.442. The van der Waals surface area contributed by atoms with Crippen LogP contribution in [0.15, 0.2) is 18.2 Å². The number of alkyl halides is 1. The van der Waals surface area contributed by atoms with Gasteiger partial charge in [-0.1, -0.05) is 0 Å². The Kier molecular flexibility index (Phi) is 5.38. The third-order valence-electron chi connectivity index (χ3n) is 1.93. The van der Waals surface area contributed by atoms with Gasteiger partial charge in [0.1, 0.15) is 0 Å². The van der Waals surface area contributed by atoms with Gasteiger partial charge in [0.2, 0.25) is 0 Å². The molecule has 0 atom stereocenters. The second-order valence-electron chi connectivity index (χ2n) is 3.22. The van der Waals surface area contributed by atoms with E-state index in [9.17, 15) is 4.79 Å². The number of carbonyl (C=O) groups is 1. The summed E-state index contributed by atoms with van der Waals surface area (Å²) in [5.41, 5.74) is 8.69. The molecule has 1 amide bonds. The Morgan fingerprint density at radius 3 is 2.88 bits per heavy atom. The molecule has 17 heavy (non-hydrogen) atoms. The molecule has 1 aromatic carbocycles. The zero-order chi connectivity index (χ0) is 12.7. The molecule has 0 aliphatic heterocycles.